The number of benzene rings is 1. The molecule has 1 aromatic carbocycles. The Hall–Kier alpha value is -2.63. The minimum Gasteiger partial charge on any atom is -0.338 e. The predicted molar refractivity (Wildman–Crippen MR) is 97.8 cm³/mol. The smallest absolute Gasteiger partial charge is 0.317 e. The van der Waals surface area contributed by atoms with Gasteiger partial charge in [-0.15, -0.1) is 0 Å². The van der Waals surface area contributed by atoms with E-state index in [1.54, 1.807) is 9.80 Å². The maximum Gasteiger partial charge on any atom is 0.317 e. The third-order valence-electron chi connectivity index (χ3n) is 4.57. The summed E-state index contributed by atoms with van der Waals surface area (Å²) in [5.41, 5.74) is 3.44. The molecule has 2 heterocycles. The lowest BCUT2D eigenvalue weighted by atomic mass is 10.1. The lowest BCUT2D eigenvalue weighted by Crippen LogP contribution is -2.53. The number of aryl methyl sites for hydroxylation is 2. The molecule has 0 radical (unpaired) electrons. The molecule has 3 amide bonds. The van der Waals surface area contributed by atoms with Crippen molar-refractivity contribution in [3.63, 3.8) is 0 Å². The van der Waals surface area contributed by atoms with Gasteiger partial charge in [0.25, 0.3) is 5.91 Å². The fourth-order valence-electron chi connectivity index (χ4n) is 3.15. The highest BCUT2D eigenvalue weighted by molar-refractivity contribution is 5.98. The van der Waals surface area contributed by atoms with Gasteiger partial charge in [0.05, 0.1) is 16.8 Å². The van der Waals surface area contributed by atoms with Crippen LogP contribution in [-0.2, 0) is 0 Å². The first-order valence-electron chi connectivity index (χ1n) is 8.69. The van der Waals surface area contributed by atoms with Crippen LogP contribution in [0.5, 0.6) is 0 Å². The van der Waals surface area contributed by atoms with Crippen molar-refractivity contribution in [2.45, 2.75) is 20.8 Å². The number of hydrogen-bond acceptors (Lipinski definition) is 3. The van der Waals surface area contributed by atoms with Crippen LogP contribution in [0.1, 0.15) is 28.5 Å². The van der Waals surface area contributed by atoms with Crippen molar-refractivity contribution in [3.8, 4) is 0 Å². The Morgan fingerprint density at radius 2 is 1.76 bits per heavy atom. The molecule has 6 nitrogen and oxygen atoms in total. The van der Waals surface area contributed by atoms with E-state index in [4.69, 9.17) is 0 Å². The zero-order valence-electron chi connectivity index (χ0n) is 15.0. The van der Waals surface area contributed by atoms with Crippen LogP contribution in [0.2, 0.25) is 0 Å². The Balaban J connectivity index is 1.76. The average Bonchev–Trinajstić information content (AvgIpc) is 2.61. The Labute approximate surface area is 147 Å². The molecule has 25 heavy (non-hydrogen) atoms. The Morgan fingerprint density at radius 3 is 2.44 bits per heavy atom. The van der Waals surface area contributed by atoms with Crippen LogP contribution in [0.15, 0.2) is 24.3 Å². The number of nitrogens with zero attached hydrogens (tertiary/aromatic N) is 3. The lowest BCUT2D eigenvalue weighted by Gasteiger charge is -2.34. The van der Waals surface area contributed by atoms with E-state index in [2.05, 4.69) is 10.3 Å². The van der Waals surface area contributed by atoms with Gasteiger partial charge in [-0.25, -0.2) is 4.79 Å². The Kier molecular flexibility index (Phi) is 4.88. The lowest BCUT2D eigenvalue weighted by molar-refractivity contribution is 0.0664. The second-order valence-electron chi connectivity index (χ2n) is 6.43. The molecule has 1 saturated heterocycles. The molecule has 132 valence electrons. The van der Waals surface area contributed by atoms with Crippen LogP contribution in [0.4, 0.5) is 4.79 Å². The van der Waals surface area contributed by atoms with E-state index >= 15 is 0 Å². The summed E-state index contributed by atoms with van der Waals surface area (Å²) in [6, 6.07) is 7.93. The second kappa shape index (κ2) is 7.09. The van der Waals surface area contributed by atoms with Crippen LogP contribution < -0.4 is 5.32 Å². The molecule has 1 aromatic heterocycles. The first-order chi connectivity index (χ1) is 12.0. The summed E-state index contributed by atoms with van der Waals surface area (Å²) in [6.45, 7) is 8.60. The number of piperazine rings is 1. The highest BCUT2D eigenvalue weighted by Gasteiger charge is 2.25. The number of nitrogens with one attached hydrogen (secondary N) is 1. The average molecular weight is 340 g/mol. The molecule has 0 spiro atoms. The number of aromatic nitrogens is 1. The highest BCUT2D eigenvalue weighted by atomic mass is 16.2. The third kappa shape index (κ3) is 3.57. The van der Waals surface area contributed by atoms with E-state index in [1.165, 1.54) is 0 Å². The van der Waals surface area contributed by atoms with Crippen LogP contribution in [0, 0.1) is 13.8 Å². The van der Waals surface area contributed by atoms with E-state index in [1.807, 2.05) is 45.0 Å². The van der Waals surface area contributed by atoms with Crippen molar-refractivity contribution in [3.05, 3.63) is 41.1 Å². The summed E-state index contributed by atoms with van der Waals surface area (Å²) in [6.07, 6.45) is 0. The van der Waals surface area contributed by atoms with Crippen molar-refractivity contribution in [2.75, 3.05) is 32.7 Å². The van der Waals surface area contributed by atoms with Gasteiger partial charge < -0.3 is 15.1 Å². The van der Waals surface area contributed by atoms with Gasteiger partial charge in [0.1, 0.15) is 0 Å². The Bertz CT molecular complexity index is 810. The number of rotatable bonds is 2. The minimum atomic E-state index is -0.0615. The van der Waals surface area contributed by atoms with Gasteiger partial charge in [-0.1, -0.05) is 11.6 Å². The maximum absolute atomic E-state index is 12.9. The molecule has 2 aromatic rings. The van der Waals surface area contributed by atoms with Crippen molar-refractivity contribution in [1.82, 2.24) is 20.1 Å². The van der Waals surface area contributed by atoms with Gasteiger partial charge in [0.15, 0.2) is 0 Å². The first-order valence-corrected chi connectivity index (χ1v) is 8.69. The van der Waals surface area contributed by atoms with Gasteiger partial charge in [0.2, 0.25) is 0 Å². The van der Waals surface area contributed by atoms with E-state index in [9.17, 15) is 9.59 Å². The standard InChI is InChI=1S/C19H24N4O2/c1-4-20-19(25)23-9-7-22(8-10-23)18(24)16-12-15-11-13(2)5-6-17(15)21-14(16)3/h5-6,11-12H,4,7-10H2,1-3H3,(H,20,25). The number of amides is 3. The predicted octanol–water partition coefficient (Wildman–Crippen LogP) is 2.34. The number of hydrogen-bond donors (Lipinski definition) is 1. The van der Waals surface area contributed by atoms with E-state index in [0.717, 1.165) is 22.2 Å². The molecular formula is C19H24N4O2. The van der Waals surface area contributed by atoms with Crippen molar-refractivity contribution >= 4 is 22.8 Å². The first kappa shape index (κ1) is 17.2. The van der Waals surface area contributed by atoms with Gasteiger partial charge >= 0.3 is 6.03 Å². The fourth-order valence-corrected chi connectivity index (χ4v) is 3.15. The molecule has 0 unspecified atom stereocenters. The van der Waals surface area contributed by atoms with Gasteiger partial charge in [-0.2, -0.15) is 0 Å². The maximum atomic E-state index is 12.9. The Morgan fingerprint density at radius 1 is 1.08 bits per heavy atom. The summed E-state index contributed by atoms with van der Waals surface area (Å²) in [5.74, 6) is -0.0102. The molecule has 6 heteroatoms. The molecule has 3 rings (SSSR count). The molecule has 1 fully saturated rings. The third-order valence-corrected chi connectivity index (χ3v) is 4.57. The molecular weight excluding hydrogens is 316 g/mol. The van der Waals surface area contributed by atoms with Crippen molar-refractivity contribution in [2.24, 2.45) is 0 Å². The van der Waals surface area contributed by atoms with Gasteiger partial charge in [-0.3, -0.25) is 9.78 Å². The van der Waals surface area contributed by atoms with Crippen LogP contribution in [0.3, 0.4) is 0 Å². The second-order valence-corrected chi connectivity index (χ2v) is 6.43. The van der Waals surface area contributed by atoms with E-state index < -0.39 is 0 Å². The summed E-state index contributed by atoms with van der Waals surface area (Å²) in [7, 11) is 0. The number of urea groups is 1. The molecule has 1 aliphatic rings. The fraction of sp³-hybridized carbons (Fsp3) is 0.421. The minimum absolute atomic E-state index is 0.0102. The molecule has 1 aliphatic heterocycles. The SMILES string of the molecule is CCNC(=O)N1CCN(C(=O)c2cc3cc(C)ccc3nc2C)CC1. The molecule has 0 aliphatic carbocycles. The largest absolute Gasteiger partial charge is 0.338 e. The quantitative estimate of drug-likeness (QED) is 0.912. The van der Waals surface area contributed by atoms with E-state index in [-0.39, 0.29) is 11.9 Å². The van der Waals surface area contributed by atoms with Gasteiger partial charge in [0, 0.05) is 38.1 Å². The molecule has 0 saturated carbocycles. The van der Waals surface area contributed by atoms with Crippen LogP contribution in [0.25, 0.3) is 10.9 Å². The van der Waals surface area contributed by atoms with E-state index in [0.29, 0.717) is 38.3 Å². The molecule has 1 N–H and O–H groups in total. The summed E-state index contributed by atoms with van der Waals surface area (Å²) in [5, 5.41) is 3.78. The topological polar surface area (TPSA) is 65.5 Å². The highest BCUT2D eigenvalue weighted by Crippen LogP contribution is 2.20. The zero-order valence-corrected chi connectivity index (χ0v) is 15.0. The number of carbonyl (C=O) groups excluding carboxylic acids is 2. The summed E-state index contributed by atoms with van der Waals surface area (Å²) in [4.78, 5) is 32.9. The zero-order chi connectivity index (χ0) is 18.0. The summed E-state index contributed by atoms with van der Waals surface area (Å²) >= 11 is 0. The molecule has 0 atom stereocenters. The normalized spacial score (nSPS) is 14.7. The molecule has 0 bridgehead atoms. The van der Waals surface area contributed by atoms with Gasteiger partial charge in [-0.05, 0) is 39.0 Å². The number of carbonyl (C=O) groups is 2. The number of fused-ring (bicyclic) bond motifs is 1. The van der Waals surface area contributed by atoms with Crippen LogP contribution in [-0.4, -0.2) is 59.4 Å². The van der Waals surface area contributed by atoms with Crippen LogP contribution >= 0.6 is 0 Å². The monoisotopic (exact) mass is 340 g/mol. The van der Waals surface area contributed by atoms with Crippen molar-refractivity contribution < 1.29 is 9.59 Å². The van der Waals surface area contributed by atoms with Crippen molar-refractivity contribution in [1.29, 1.82) is 0 Å². The number of pyridine rings is 1. The summed E-state index contributed by atoms with van der Waals surface area (Å²) < 4.78 is 0.